The fourth-order valence-corrected chi connectivity index (χ4v) is 2.43. The van der Waals surface area contributed by atoms with Gasteiger partial charge in [-0.15, -0.1) is 0 Å². The van der Waals surface area contributed by atoms with Crippen LogP contribution in [0.15, 0.2) is 42.0 Å². The summed E-state index contributed by atoms with van der Waals surface area (Å²) in [5.74, 6) is 1.42. The number of hydrogen-bond donors (Lipinski definition) is 0. The first-order valence-electron chi connectivity index (χ1n) is 7.59. The maximum atomic E-state index is 10.6. The number of benzene rings is 1. The minimum atomic E-state index is 0.523. The van der Waals surface area contributed by atoms with E-state index in [0.717, 1.165) is 42.4 Å². The fraction of sp³-hybridized carbons (Fsp3) is 0.316. The predicted octanol–water partition coefficient (Wildman–Crippen LogP) is 4.12. The molecule has 0 saturated carbocycles. The molecule has 0 heterocycles. The topological polar surface area (TPSA) is 35.5 Å². The van der Waals surface area contributed by atoms with Gasteiger partial charge in [0.05, 0.1) is 7.11 Å². The van der Waals surface area contributed by atoms with Crippen molar-refractivity contribution in [3.8, 4) is 11.5 Å². The standard InChI is InChI=1S/C19H22O3/c1-3-16-12-18(21-2)19(13-17(16)10-7-11-20)22-14-15-8-5-4-6-9-15/h5,7-13H,3-4,6,14H2,1-2H3/b10-7+. The van der Waals surface area contributed by atoms with Gasteiger partial charge in [-0.3, -0.25) is 4.79 Å². The number of allylic oxidation sites excluding steroid dienone is 3. The molecule has 3 heteroatoms. The zero-order valence-corrected chi connectivity index (χ0v) is 13.2. The Bertz CT molecular complexity index is 609. The monoisotopic (exact) mass is 298 g/mol. The molecule has 0 N–H and O–H groups in total. The summed E-state index contributed by atoms with van der Waals surface area (Å²) in [5, 5.41) is 0. The number of carbonyl (C=O) groups is 1. The van der Waals surface area contributed by atoms with Crippen LogP contribution in [0, 0.1) is 0 Å². The van der Waals surface area contributed by atoms with Gasteiger partial charge >= 0.3 is 0 Å². The van der Waals surface area contributed by atoms with Gasteiger partial charge in [-0.25, -0.2) is 0 Å². The number of ether oxygens (including phenoxy) is 2. The molecule has 0 aromatic heterocycles. The second-order valence-electron chi connectivity index (χ2n) is 5.10. The first-order chi connectivity index (χ1) is 10.8. The van der Waals surface area contributed by atoms with E-state index in [9.17, 15) is 4.79 Å². The van der Waals surface area contributed by atoms with Gasteiger partial charge in [0.1, 0.15) is 12.9 Å². The molecule has 0 atom stereocenters. The van der Waals surface area contributed by atoms with Gasteiger partial charge < -0.3 is 9.47 Å². The van der Waals surface area contributed by atoms with Crippen LogP contribution in [0.2, 0.25) is 0 Å². The lowest BCUT2D eigenvalue weighted by Crippen LogP contribution is -2.03. The fourth-order valence-electron chi connectivity index (χ4n) is 2.43. The molecule has 0 fully saturated rings. The molecule has 1 aromatic carbocycles. The van der Waals surface area contributed by atoms with Crippen LogP contribution < -0.4 is 9.47 Å². The highest BCUT2D eigenvalue weighted by Gasteiger charge is 2.10. The van der Waals surface area contributed by atoms with Crippen molar-refractivity contribution >= 4 is 12.4 Å². The molecule has 0 unspecified atom stereocenters. The van der Waals surface area contributed by atoms with Crippen molar-refractivity contribution in [3.05, 3.63) is 53.1 Å². The molecular weight excluding hydrogens is 276 g/mol. The summed E-state index contributed by atoms with van der Waals surface area (Å²) < 4.78 is 11.4. The van der Waals surface area contributed by atoms with Gasteiger partial charge in [0.15, 0.2) is 11.5 Å². The second kappa shape index (κ2) is 8.23. The van der Waals surface area contributed by atoms with Crippen LogP contribution in [0.3, 0.4) is 0 Å². The lowest BCUT2D eigenvalue weighted by molar-refractivity contribution is -0.104. The Labute approximate surface area is 131 Å². The van der Waals surface area contributed by atoms with Gasteiger partial charge in [0.25, 0.3) is 0 Å². The summed E-state index contributed by atoms with van der Waals surface area (Å²) in [5.41, 5.74) is 3.29. The number of aldehydes is 1. The maximum Gasteiger partial charge on any atom is 0.162 e. The largest absolute Gasteiger partial charge is 0.493 e. The Morgan fingerprint density at radius 1 is 1.23 bits per heavy atom. The van der Waals surface area contributed by atoms with Crippen molar-refractivity contribution < 1.29 is 14.3 Å². The van der Waals surface area contributed by atoms with E-state index in [0.29, 0.717) is 12.4 Å². The molecule has 0 radical (unpaired) electrons. The second-order valence-corrected chi connectivity index (χ2v) is 5.10. The molecule has 0 saturated heterocycles. The molecule has 3 nitrogen and oxygen atoms in total. The summed E-state index contributed by atoms with van der Waals surface area (Å²) >= 11 is 0. The zero-order chi connectivity index (χ0) is 15.8. The van der Waals surface area contributed by atoms with Crippen molar-refractivity contribution in [1.29, 1.82) is 0 Å². The SMILES string of the molecule is CCc1cc(OC)c(OCC2=CCCC=C2)cc1/C=C/C=O. The minimum Gasteiger partial charge on any atom is -0.493 e. The van der Waals surface area contributed by atoms with Gasteiger partial charge in [0, 0.05) is 0 Å². The van der Waals surface area contributed by atoms with E-state index in [-0.39, 0.29) is 0 Å². The van der Waals surface area contributed by atoms with Gasteiger partial charge in [-0.2, -0.15) is 0 Å². The molecule has 0 amide bonds. The van der Waals surface area contributed by atoms with Crippen molar-refractivity contribution in [3.63, 3.8) is 0 Å². The van der Waals surface area contributed by atoms with Crippen LogP contribution in [0.25, 0.3) is 6.08 Å². The van der Waals surface area contributed by atoms with Crippen LogP contribution in [0.5, 0.6) is 11.5 Å². The molecule has 0 aliphatic heterocycles. The van der Waals surface area contributed by atoms with Crippen molar-refractivity contribution in [2.24, 2.45) is 0 Å². The molecule has 1 aliphatic rings. The van der Waals surface area contributed by atoms with E-state index in [2.05, 4.69) is 25.2 Å². The molecule has 116 valence electrons. The highest BCUT2D eigenvalue weighted by atomic mass is 16.5. The van der Waals surface area contributed by atoms with Crippen LogP contribution >= 0.6 is 0 Å². The van der Waals surface area contributed by atoms with Crippen molar-refractivity contribution in [2.45, 2.75) is 26.2 Å². The van der Waals surface area contributed by atoms with E-state index in [1.807, 2.05) is 12.1 Å². The highest BCUT2D eigenvalue weighted by molar-refractivity contribution is 5.75. The van der Waals surface area contributed by atoms with E-state index < -0.39 is 0 Å². The lowest BCUT2D eigenvalue weighted by Gasteiger charge is -2.15. The Kier molecular flexibility index (Phi) is 6.01. The Morgan fingerprint density at radius 3 is 2.73 bits per heavy atom. The number of aryl methyl sites for hydroxylation is 1. The van der Waals surface area contributed by atoms with Crippen LogP contribution in [-0.2, 0) is 11.2 Å². The van der Waals surface area contributed by atoms with E-state index in [1.54, 1.807) is 13.2 Å². The normalized spacial score (nSPS) is 14.0. The number of methoxy groups -OCH3 is 1. The van der Waals surface area contributed by atoms with Crippen molar-refractivity contribution in [2.75, 3.05) is 13.7 Å². The summed E-state index contributed by atoms with van der Waals surface area (Å²) in [7, 11) is 1.64. The first-order valence-corrected chi connectivity index (χ1v) is 7.59. The molecule has 1 aromatic rings. The molecule has 1 aliphatic carbocycles. The molecule has 0 spiro atoms. The number of carbonyl (C=O) groups excluding carboxylic acids is 1. The summed E-state index contributed by atoms with van der Waals surface area (Å²) in [6, 6.07) is 3.91. The average Bonchev–Trinajstić information content (AvgIpc) is 2.58. The highest BCUT2D eigenvalue weighted by Crippen LogP contribution is 2.32. The average molecular weight is 298 g/mol. The molecule has 2 rings (SSSR count). The smallest absolute Gasteiger partial charge is 0.162 e. The third-order valence-corrected chi connectivity index (χ3v) is 3.63. The number of rotatable bonds is 7. The quantitative estimate of drug-likeness (QED) is 0.561. The zero-order valence-electron chi connectivity index (χ0n) is 13.2. The Morgan fingerprint density at radius 2 is 2.09 bits per heavy atom. The third-order valence-electron chi connectivity index (χ3n) is 3.63. The Hall–Kier alpha value is -2.29. The van der Waals surface area contributed by atoms with Crippen LogP contribution in [0.1, 0.15) is 30.9 Å². The van der Waals surface area contributed by atoms with Crippen LogP contribution in [-0.4, -0.2) is 20.0 Å². The minimum absolute atomic E-state index is 0.523. The maximum absolute atomic E-state index is 10.6. The summed E-state index contributed by atoms with van der Waals surface area (Å²) in [6.07, 6.45) is 13.6. The van der Waals surface area contributed by atoms with Crippen LogP contribution in [0.4, 0.5) is 0 Å². The van der Waals surface area contributed by atoms with Gasteiger partial charge in [-0.1, -0.05) is 31.2 Å². The van der Waals surface area contributed by atoms with E-state index in [1.165, 1.54) is 11.6 Å². The van der Waals surface area contributed by atoms with E-state index in [4.69, 9.17) is 9.47 Å². The van der Waals surface area contributed by atoms with Gasteiger partial charge in [-0.05, 0) is 54.2 Å². The third kappa shape index (κ3) is 4.10. The predicted molar refractivity (Wildman–Crippen MR) is 89.4 cm³/mol. The van der Waals surface area contributed by atoms with E-state index >= 15 is 0 Å². The first kappa shape index (κ1) is 16.1. The molecule has 0 bridgehead atoms. The molecule has 22 heavy (non-hydrogen) atoms. The van der Waals surface area contributed by atoms with Crippen molar-refractivity contribution in [1.82, 2.24) is 0 Å². The number of hydrogen-bond acceptors (Lipinski definition) is 3. The summed E-state index contributed by atoms with van der Waals surface area (Å²) in [6.45, 7) is 2.60. The Balaban J connectivity index is 2.24. The summed E-state index contributed by atoms with van der Waals surface area (Å²) in [4.78, 5) is 10.6. The lowest BCUT2D eigenvalue weighted by atomic mass is 10.0. The molecular formula is C19H22O3. The van der Waals surface area contributed by atoms with Gasteiger partial charge in [0.2, 0.25) is 0 Å².